The summed E-state index contributed by atoms with van der Waals surface area (Å²) < 4.78 is 15.9. The highest BCUT2D eigenvalue weighted by atomic mass is 19.1. The summed E-state index contributed by atoms with van der Waals surface area (Å²) in [5.41, 5.74) is 1.23. The zero-order chi connectivity index (χ0) is 23.1. The second-order valence-corrected chi connectivity index (χ2v) is 7.77. The summed E-state index contributed by atoms with van der Waals surface area (Å²) in [6.45, 7) is -0.347. The van der Waals surface area contributed by atoms with Crippen molar-refractivity contribution in [3.63, 3.8) is 0 Å². The van der Waals surface area contributed by atoms with Crippen LogP contribution in [0.5, 0.6) is 0 Å². The van der Waals surface area contributed by atoms with Crippen molar-refractivity contribution in [1.29, 1.82) is 0 Å². The summed E-state index contributed by atoms with van der Waals surface area (Å²) in [5, 5.41) is 22.8. The highest BCUT2D eigenvalue weighted by molar-refractivity contribution is 5.91. The average molecular weight is 448 g/mol. The van der Waals surface area contributed by atoms with Crippen LogP contribution in [0.4, 0.5) is 15.8 Å². The Bertz CT molecular complexity index is 1440. The third-order valence-electron chi connectivity index (χ3n) is 5.40. The van der Waals surface area contributed by atoms with Gasteiger partial charge in [-0.05, 0) is 49.2 Å². The van der Waals surface area contributed by atoms with Crippen LogP contribution in [0.3, 0.4) is 0 Å². The summed E-state index contributed by atoms with van der Waals surface area (Å²) in [6, 6.07) is 11.0. The van der Waals surface area contributed by atoms with Crippen LogP contribution >= 0.6 is 0 Å². The van der Waals surface area contributed by atoms with E-state index in [1.165, 1.54) is 53.2 Å². The van der Waals surface area contributed by atoms with Gasteiger partial charge < -0.3 is 5.32 Å². The maximum Gasteiger partial charge on any atom is 0.293 e. The van der Waals surface area contributed by atoms with E-state index in [1.807, 2.05) is 0 Å². The molecule has 0 saturated heterocycles. The molecular weight excluding hydrogens is 431 g/mol. The fraction of sp³-hybridized carbons (Fsp3) is 0.182. The number of nitro benzene ring substituents is 1. The molecule has 1 saturated carbocycles. The van der Waals surface area contributed by atoms with Gasteiger partial charge in [0, 0.05) is 29.1 Å². The van der Waals surface area contributed by atoms with Gasteiger partial charge in [-0.1, -0.05) is 0 Å². The third kappa shape index (κ3) is 3.95. The Balaban J connectivity index is 1.50. The van der Waals surface area contributed by atoms with Crippen molar-refractivity contribution in [1.82, 2.24) is 19.6 Å². The first-order valence-electron chi connectivity index (χ1n) is 10.2. The molecule has 0 bridgehead atoms. The van der Waals surface area contributed by atoms with Crippen LogP contribution in [-0.4, -0.2) is 30.4 Å². The first-order valence-corrected chi connectivity index (χ1v) is 10.2. The Hall–Kier alpha value is -4.41. The van der Waals surface area contributed by atoms with Crippen LogP contribution in [0.15, 0.2) is 59.5 Å². The number of halogens is 1. The van der Waals surface area contributed by atoms with Gasteiger partial charge in [0.25, 0.3) is 11.2 Å². The first-order chi connectivity index (χ1) is 15.9. The molecule has 1 aliphatic carbocycles. The summed E-state index contributed by atoms with van der Waals surface area (Å²) in [6.07, 6.45) is 3.43. The topological polar surface area (TPSA) is 125 Å². The van der Waals surface area contributed by atoms with Crippen LogP contribution < -0.4 is 10.9 Å². The molecule has 1 aliphatic rings. The molecule has 1 N–H and O–H groups in total. The van der Waals surface area contributed by atoms with Crippen molar-refractivity contribution in [2.75, 3.05) is 5.32 Å². The molecule has 0 aliphatic heterocycles. The zero-order valence-electron chi connectivity index (χ0n) is 17.1. The molecule has 0 radical (unpaired) electrons. The number of anilines is 1. The zero-order valence-corrected chi connectivity index (χ0v) is 17.1. The highest BCUT2D eigenvalue weighted by Crippen LogP contribution is 2.41. The molecule has 0 atom stereocenters. The molecule has 2 aromatic carbocycles. The summed E-state index contributed by atoms with van der Waals surface area (Å²) in [5.74, 6) is -0.730. The number of fused-ring (bicyclic) bond motifs is 1. The van der Waals surface area contributed by atoms with E-state index in [0.29, 0.717) is 22.5 Å². The number of carbonyl (C=O) groups excluding carboxylic acids is 1. The smallest absolute Gasteiger partial charge is 0.293 e. The number of benzene rings is 2. The molecule has 10 nitrogen and oxygen atoms in total. The van der Waals surface area contributed by atoms with Gasteiger partial charge >= 0.3 is 0 Å². The lowest BCUT2D eigenvalue weighted by Gasteiger charge is -2.10. The Morgan fingerprint density at radius 1 is 1.15 bits per heavy atom. The van der Waals surface area contributed by atoms with Gasteiger partial charge in [-0.2, -0.15) is 10.2 Å². The molecule has 33 heavy (non-hydrogen) atoms. The number of non-ortho nitro benzene ring substituents is 1. The lowest BCUT2D eigenvalue weighted by Crippen LogP contribution is -2.31. The van der Waals surface area contributed by atoms with Gasteiger partial charge in [0.15, 0.2) is 0 Å². The fourth-order valence-electron chi connectivity index (χ4n) is 3.64. The number of nitrogens with one attached hydrogen (secondary N) is 1. The monoisotopic (exact) mass is 448 g/mol. The number of carbonyl (C=O) groups is 1. The van der Waals surface area contributed by atoms with E-state index in [0.717, 1.165) is 17.5 Å². The largest absolute Gasteiger partial charge is 0.324 e. The minimum absolute atomic E-state index is 0.0977. The van der Waals surface area contributed by atoms with Gasteiger partial charge in [0.2, 0.25) is 5.91 Å². The minimum atomic E-state index is -0.534. The van der Waals surface area contributed by atoms with Crippen LogP contribution in [0.1, 0.15) is 24.5 Å². The van der Waals surface area contributed by atoms with Crippen molar-refractivity contribution in [2.45, 2.75) is 25.3 Å². The van der Waals surface area contributed by atoms with E-state index in [9.17, 15) is 24.1 Å². The molecule has 2 aromatic heterocycles. The number of aromatic nitrogens is 4. The van der Waals surface area contributed by atoms with Crippen molar-refractivity contribution >= 4 is 28.2 Å². The van der Waals surface area contributed by atoms with Gasteiger partial charge in [-0.15, -0.1) is 0 Å². The SMILES string of the molecule is O=C(Cn1nc(C2CC2)c2cnn(-c3ccc(F)cc3)c2c1=O)Nc1ccc([N+](=O)[O-])cc1. The molecule has 4 aromatic rings. The van der Waals surface area contributed by atoms with E-state index in [1.54, 1.807) is 6.20 Å². The van der Waals surface area contributed by atoms with Crippen molar-refractivity contribution in [3.05, 3.63) is 86.7 Å². The molecule has 5 rings (SSSR count). The van der Waals surface area contributed by atoms with Gasteiger partial charge in [-0.3, -0.25) is 19.7 Å². The molecule has 2 heterocycles. The van der Waals surface area contributed by atoms with Crippen LogP contribution in [0, 0.1) is 15.9 Å². The number of rotatable bonds is 6. The van der Waals surface area contributed by atoms with Crippen LogP contribution in [0.2, 0.25) is 0 Å². The minimum Gasteiger partial charge on any atom is -0.324 e. The van der Waals surface area contributed by atoms with Crippen LogP contribution in [0.25, 0.3) is 16.6 Å². The molecule has 0 unspecified atom stereocenters. The second kappa shape index (κ2) is 7.93. The first kappa shape index (κ1) is 20.5. The van der Waals surface area contributed by atoms with Crippen molar-refractivity contribution < 1.29 is 14.1 Å². The molecule has 0 spiro atoms. The maximum absolute atomic E-state index is 13.4. The molecule has 166 valence electrons. The number of hydrogen-bond acceptors (Lipinski definition) is 6. The molecule has 1 fully saturated rings. The Labute approximate surface area is 185 Å². The number of amides is 1. The summed E-state index contributed by atoms with van der Waals surface area (Å²) in [7, 11) is 0. The lowest BCUT2D eigenvalue weighted by atomic mass is 10.2. The average Bonchev–Trinajstić information content (AvgIpc) is 3.54. The van der Waals surface area contributed by atoms with E-state index in [4.69, 9.17) is 0 Å². The standard InChI is InChI=1S/C22H17FN6O4/c23-14-3-7-16(8-4-14)28-21-18(11-24-28)20(13-1-2-13)26-27(22(21)31)12-19(30)25-15-5-9-17(10-6-15)29(32)33/h3-11,13H,1-2,12H2,(H,25,30). The predicted molar refractivity (Wildman–Crippen MR) is 117 cm³/mol. The quantitative estimate of drug-likeness (QED) is 0.357. The van der Waals surface area contributed by atoms with Crippen LogP contribution in [-0.2, 0) is 11.3 Å². The van der Waals surface area contributed by atoms with E-state index in [2.05, 4.69) is 15.5 Å². The molecular formula is C22H17FN6O4. The fourth-order valence-corrected chi connectivity index (χ4v) is 3.64. The second-order valence-electron chi connectivity index (χ2n) is 7.77. The van der Waals surface area contributed by atoms with Gasteiger partial charge in [-0.25, -0.2) is 13.8 Å². The van der Waals surface area contributed by atoms with Crippen molar-refractivity contribution in [2.24, 2.45) is 0 Å². The third-order valence-corrected chi connectivity index (χ3v) is 5.40. The number of nitro groups is 1. The maximum atomic E-state index is 13.4. The number of nitrogens with zero attached hydrogens (tertiary/aromatic N) is 5. The Morgan fingerprint density at radius 2 is 1.85 bits per heavy atom. The Kier molecular flexibility index (Phi) is 4.93. The molecule has 11 heteroatoms. The van der Waals surface area contributed by atoms with Crippen molar-refractivity contribution in [3.8, 4) is 5.69 Å². The molecule has 1 amide bonds. The summed E-state index contributed by atoms with van der Waals surface area (Å²) >= 11 is 0. The normalized spacial score (nSPS) is 13.2. The van der Waals surface area contributed by atoms with Gasteiger partial charge in [0.05, 0.1) is 22.5 Å². The van der Waals surface area contributed by atoms with E-state index in [-0.39, 0.29) is 23.7 Å². The summed E-state index contributed by atoms with van der Waals surface area (Å²) in [4.78, 5) is 36.1. The predicted octanol–water partition coefficient (Wildman–Crippen LogP) is 3.15. The van der Waals surface area contributed by atoms with E-state index < -0.39 is 22.2 Å². The Morgan fingerprint density at radius 3 is 2.48 bits per heavy atom. The number of hydrogen-bond donors (Lipinski definition) is 1. The lowest BCUT2D eigenvalue weighted by molar-refractivity contribution is -0.384. The van der Waals surface area contributed by atoms with E-state index >= 15 is 0 Å². The highest BCUT2D eigenvalue weighted by Gasteiger charge is 2.30. The van der Waals surface area contributed by atoms with Gasteiger partial charge in [0.1, 0.15) is 17.9 Å².